The van der Waals surface area contributed by atoms with Gasteiger partial charge in [-0.2, -0.15) is 0 Å². The van der Waals surface area contributed by atoms with Crippen molar-refractivity contribution in [3.8, 4) is 0 Å². The van der Waals surface area contributed by atoms with Crippen molar-refractivity contribution >= 4 is 50.5 Å². The van der Waals surface area contributed by atoms with Crippen molar-refractivity contribution in [2.24, 2.45) is 0 Å². The highest BCUT2D eigenvalue weighted by molar-refractivity contribution is 5.94. The van der Waals surface area contributed by atoms with E-state index in [0.717, 1.165) is 0 Å². The highest BCUT2D eigenvalue weighted by atomic mass is 16.5. The molecule has 0 saturated heterocycles. The first-order chi connectivity index (χ1) is 17.9. The quantitative estimate of drug-likeness (QED) is 0.207. The molecule has 0 bridgehead atoms. The van der Waals surface area contributed by atoms with Gasteiger partial charge in [0, 0.05) is 39.5 Å². The molecule has 9 nitrogen and oxygen atoms in total. The number of hydrogen-bond acceptors (Lipinski definition) is 7. The molecule has 1 N–H and O–H groups in total. The molecule has 0 unspecified atom stereocenters. The van der Waals surface area contributed by atoms with Gasteiger partial charge in [0.2, 0.25) is 0 Å². The van der Waals surface area contributed by atoms with Crippen LogP contribution >= 0.6 is 0 Å². The number of carbonyl (C=O) groups is 2. The van der Waals surface area contributed by atoms with Crippen molar-refractivity contribution < 1.29 is 23.5 Å². The summed E-state index contributed by atoms with van der Waals surface area (Å²) >= 11 is 0. The van der Waals surface area contributed by atoms with E-state index in [1.807, 2.05) is 0 Å². The van der Waals surface area contributed by atoms with Crippen LogP contribution in [-0.2, 0) is 27.4 Å². The third-order valence-electron chi connectivity index (χ3n) is 5.91. The predicted octanol–water partition coefficient (Wildman–Crippen LogP) is 4.57. The van der Waals surface area contributed by atoms with Crippen LogP contribution in [0.5, 0.6) is 0 Å². The molecule has 186 valence electrons. The zero-order valence-electron chi connectivity index (χ0n) is 19.9. The minimum Gasteiger partial charge on any atom is -0.459 e. The Kier molecular flexibility index (Phi) is 6.42. The number of carbonyl (C=O) groups excluding carboxylic acids is 2. The van der Waals surface area contributed by atoms with Crippen molar-refractivity contribution in [1.29, 1.82) is 0 Å². The average Bonchev–Trinajstić information content (AvgIpc) is 2.89. The maximum Gasteiger partial charge on any atom is 0.411 e. The fourth-order valence-corrected chi connectivity index (χ4v) is 4.29. The standard InChI is InChI=1S/C28H22N2O7/c1-2-35-28(34)29-18-11-12-19-17(13-25(31)37-24(19)14-18)16-36-26(32)15-30-22-9-5-3-7-20(22)27(33)21-8-4-6-10-23(21)30/h3-14H,2,15-16H2,1H3,(H,29,34). The molecule has 37 heavy (non-hydrogen) atoms. The van der Waals surface area contributed by atoms with Crippen molar-refractivity contribution in [3.05, 3.63) is 99.0 Å². The molecule has 2 heterocycles. The molecule has 0 saturated carbocycles. The number of benzene rings is 3. The maximum atomic E-state index is 12.9. The molecule has 9 heteroatoms. The fraction of sp³-hybridized carbons (Fsp3) is 0.143. The Hall–Kier alpha value is -4.92. The van der Waals surface area contributed by atoms with E-state index in [1.54, 1.807) is 72.2 Å². The lowest BCUT2D eigenvalue weighted by Crippen LogP contribution is -2.18. The minimum atomic E-state index is -0.628. The Morgan fingerprint density at radius 3 is 2.22 bits per heavy atom. The lowest BCUT2D eigenvalue weighted by Gasteiger charge is -2.15. The smallest absolute Gasteiger partial charge is 0.411 e. The SMILES string of the molecule is CCOC(=O)Nc1ccc2c(COC(=O)Cn3c4ccccc4c(=O)c4ccccc43)cc(=O)oc2c1. The third kappa shape index (κ3) is 4.79. The number of esters is 1. The molecule has 3 aromatic carbocycles. The van der Waals surface area contributed by atoms with Crippen molar-refractivity contribution in [3.63, 3.8) is 0 Å². The van der Waals surface area contributed by atoms with Crippen LogP contribution in [0.4, 0.5) is 10.5 Å². The van der Waals surface area contributed by atoms with Crippen LogP contribution in [0.2, 0.25) is 0 Å². The van der Waals surface area contributed by atoms with Gasteiger partial charge in [0.05, 0.1) is 17.6 Å². The number of fused-ring (bicyclic) bond motifs is 3. The zero-order chi connectivity index (χ0) is 25.9. The molecule has 0 spiro atoms. The van der Waals surface area contributed by atoms with Gasteiger partial charge in [0.25, 0.3) is 0 Å². The van der Waals surface area contributed by atoms with E-state index in [2.05, 4.69) is 5.32 Å². The summed E-state index contributed by atoms with van der Waals surface area (Å²) in [4.78, 5) is 49.7. The highest BCUT2D eigenvalue weighted by Crippen LogP contribution is 2.23. The topological polar surface area (TPSA) is 117 Å². The van der Waals surface area contributed by atoms with Gasteiger partial charge in [-0.3, -0.25) is 14.9 Å². The van der Waals surface area contributed by atoms with Crippen LogP contribution in [0.3, 0.4) is 0 Å². The van der Waals surface area contributed by atoms with E-state index >= 15 is 0 Å². The largest absolute Gasteiger partial charge is 0.459 e. The van der Waals surface area contributed by atoms with Crippen LogP contribution in [0.25, 0.3) is 32.8 Å². The first-order valence-corrected chi connectivity index (χ1v) is 11.6. The number of nitrogens with one attached hydrogen (secondary N) is 1. The minimum absolute atomic E-state index is 0.102. The molecule has 5 rings (SSSR count). The molecular weight excluding hydrogens is 476 g/mol. The monoisotopic (exact) mass is 498 g/mol. The average molecular weight is 498 g/mol. The van der Waals surface area contributed by atoms with Crippen molar-refractivity contribution in [1.82, 2.24) is 4.57 Å². The van der Waals surface area contributed by atoms with Gasteiger partial charge in [0.15, 0.2) is 5.43 Å². The molecule has 0 radical (unpaired) electrons. The predicted molar refractivity (Wildman–Crippen MR) is 139 cm³/mol. The lowest BCUT2D eigenvalue weighted by atomic mass is 10.1. The van der Waals surface area contributed by atoms with E-state index in [1.165, 1.54) is 12.1 Å². The molecule has 5 aromatic rings. The first kappa shape index (κ1) is 23.8. The van der Waals surface area contributed by atoms with Crippen LogP contribution in [0.15, 0.2) is 86.8 Å². The van der Waals surface area contributed by atoms with Crippen LogP contribution in [-0.4, -0.2) is 23.2 Å². The third-order valence-corrected chi connectivity index (χ3v) is 5.91. The summed E-state index contributed by atoms with van der Waals surface area (Å²) < 4.78 is 17.4. The molecule has 1 amide bonds. The molecule has 0 fully saturated rings. The summed E-state index contributed by atoms with van der Waals surface area (Å²) in [5.74, 6) is -0.541. The van der Waals surface area contributed by atoms with Gasteiger partial charge in [-0.05, 0) is 43.3 Å². The number of amides is 1. The summed E-state index contributed by atoms with van der Waals surface area (Å²) in [5, 5.41) is 4.12. The van der Waals surface area contributed by atoms with Crippen LogP contribution < -0.4 is 16.4 Å². The first-order valence-electron chi connectivity index (χ1n) is 11.6. The summed E-state index contributed by atoms with van der Waals surface area (Å²) in [6.45, 7) is 1.61. The van der Waals surface area contributed by atoms with E-state index in [-0.39, 0.29) is 30.8 Å². The zero-order valence-corrected chi connectivity index (χ0v) is 19.9. The Bertz CT molecular complexity index is 1730. The lowest BCUT2D eigenvalue weighted by molar-refractivity contribution is -0.145. The molecule has 0 aliphatic rings. The summed E-state index contributed by atoms with van der Waals surface area (Å²) in [5.41, 5.74) is 1.59. The van der Waals surface area contributed by atoms with Crippen LogP contribution in [0, 0.1) is 0 Å². The van der Waals surface area contributed by atoms with Crippen molar-refractivity contribution in [2.75, 3.05) is 11.9 Å². The molecule has 0 aliphatic heterocycles. The van der Waals surface area contributed by atoms with E-state index < -0.39 is 17.7 Å². The normalized spacial score (nSPS) is 11.1. The Morgan fingerprint density at radius 2 is 1.54 bits per heavy atom. The second-order valence-electron chi connectivity index (χ2n) is 8.26. The van der Waals surface area contributed by atoms with Gasteiger partial charge in [-0.15, -0.1) is 0 Å². The van der Waals surface area contributed by atoms with E-state index in [0.29, 0.717) is 38.4 Å². The maximum absolute atomic E-state index is 12.9. The molecule has 0 aliphatic carbocycles. The number of anilines is 1. The van der Waals surface area contributed by atoms with Gasteiger partial charge in [0.1, 0.15) is 18.7 Å². The Balaban J connectivity index is 1.41. The number of nitrogens with zero attached hydrogens (tertiary/aromatic N) is 1. The van der Waals surface area contributed by atoms with Gasteiger partial charge in [-0.1, -0.05) is 24.3 Å². The van der Waals surface area contributed by atoms with Crippen LogP contribution in [0.1, 0.15) is 12.5 Å². The summed E-state index contributed by atoms with van der Waals surface area (Å²) in [7, 11) is 0. The number of pyridine rings is 1. The highest BCUT2D eigenvalue weighted by Gasteiger charge is 2.15. The second-order valence-corrected chi connectivity index (χ2v) is 8.26. The van der Waals surface area contributed by atoms with Gasteiger partial charge >= 0.3 is 17.7 Å². The van der Waals surface area contributed by atoms with Gasteiger partial charge < -0.3 is 18.5 Å². The number of aromatic nitrogens is 1. The number of para-hydroxylation sites is 2. The number of rotatable bonds is 6. The fourth-order valence-electron chi connectivity index (χ4n) is 4.29. The molecule has 0 atom stereocenters. The summed E-state index contributed by atoms with van der Waals surface area (Å²) in [6, 6.07) is 20.2. The summed E-state index contributed by atoms with van der Waals surface area (Å²) in [6.07, 6.45) is -0.628. The van der Waals surface area contributed by atoms with Gasteiger partial charge in [-0.25, -0.2) is 9.59 Å². The number of hydrogen-bond donors (Lipinski definition) is 1. The molecule has 2 aromatic heterocycles. The Labute approximate surface area is 209 Å². The van der Waals surface area contributed by atoms with Crippen molar-refractivity contribution in [2.45, 2.75) is 20.1 Å². The van der Waals surface area contributed by atoms with E-state index in [4.69, 9.17) is 13.9 Å². The number of ether oxygens (including phenoxy) is 2. The Morgan fingerprint density at radius 1 is 0.865 bits per heavy atom. The molecular formula is C28H22N2O7. The van der Waals surface area contributed by atoms with E-state index in [9.17, 15) is 19.2 Å². The second kappa shape index (κ2) is 9.98.